The van der Waals surface area contributed by atoms with Crippen molar-refractivity contribution in [3.05, 3.63) is 29.8 Å². The van der Waals surface area contributed by atoms with Crippen LogP contribution in [0, 0.1) is 5.92 Å². The van der Waals surface area contributed by atoms with Crippen molar-refractivity contribution in [3.63, 3.8) is 0 Å². The Balaban J connectivity index is 1.62. The van der Waals surface area contributed by atoms with Crippen molar-refractivity contribution in [1.29, 1.82) is 0 Å². The highest BCUT2D eigenvalue weighted by molar-refractivity contribution is 5.94. The summed E-state index contributed by atoms with van der Waals surface area (Å²) in [7, 11) is 0. The van der Waals surface area contributed by atoms with Crippen molar-refractivity contribution in [1.82, 2.24) is 10.6 Å². The highest BCUT2D eigenvalue weighted by Gasteiger charge is 2.29. The summed E-state index contributed by atoms with van der Waals surface area (Å²) in [4.78, 5) is 34.1. The molecule has 0 radical (unpaired) electrons. The van der Waals surface area contributed by atoms with E-state index < -0.39 is 6.03 Å². The topological polar surface area (TPSA) is 113 Å². The van der Waals surface area contributed by atoms with E-state index in [4.69, 9.17) is 5.73 Å². The summed E-state index contributed by atoms with van der Waals surface area (Å²) in [6, 6.07) is 7.01. The zero-order chi connectivity index (χ0) is 18.1. The number of rotatable bonds is 10. The van der Waals surface area contributed by atoms with Gasteiger partial charge in [-0.25, -0.2) is 4.79 Å². The van der Waals surface area contributed by atoms with Crippen LogP contribution in [0.4, 0.5) is 10.5 Å². The highest BCUT2D eigenvalue weighted by atomic mass is 16.2. The summed E-state index contributed by atoms with van der Waals surface area (Å²) in [5.41, 5.74) is 6.69. The Kier molecular flexibility index (Phi) is 7.25. The number of primary amides is 1. The first-order valence-corrected chi connectivity index (χ1v) is 8.74. The second-order valence-corrected chi connectivity index (χ2v) is 6.34. The number of hydrogen-bond acceptors (Lipinski definition) is 3. The van der Waals surface area contributed by atoms with E-state index in [1.807, 2.05) is 24.3 Å². The van der Waals surface area contributed by atoms with Crippen LogP contribution in [0.3, 0.4) is 0 Å². The molecule has 0 spiro atoms. The summed E-state index contributed by atoms with van der Waals surface area (Å²) in [6.45, 7) is 0.978. The van der Waals surface area contributed by atoms with Crippen LogP contribution < -0.4 is 21.7 Å². The average molecular weight is 346 g/mol. The van der Waals surface area contributed by atoms with Gasteiger partial charge in [-0.1, -0.05) is 18.6 Å². The molecule has 25 heavy (non-hydrogen) atoms. The number of carbonyl (C=O) groups excluding carboxylic acids is 3. The largest absolute Gasteiger partial charge is 0.352 e. The predicted molar refractivity (Wildman–Crippen MR) is 95.7 cm³/mol. The Labute approximate surface area is 147 Å². The van der Waals surface area contributed by atoms with E-state index in [9.17, 15) is 14.4 Å². The minimum absolute atomic E-state index is 0.00437. The van der Waals surface area contributed by atoms with Gasteiger partial charge in [0.05, 0.1) is 0 Å². The van der Waals surface area contributed by atoms with E-state index in [1.54, 1.807) is 0 Å². The van der Waals surface area contributed by atoms with Crippen LogP contribution in [-0.2, 0) is 16.1 Å². The van der Waals surface area contributed by atoms with Crippen LogP contribution in [0.15, 0.2) is 24.3 Å². The number of hydrogen-bond donors (Lipinski definition) is 4. The third-order valence-corrected chi connectivity index (χ3v) is 4.01. The van der Waals surface area contributed by atoms with Gasteiger partial charge in [0.15, 0.2) is 0 Å². The van der Waals surface area contributed by atoms with E-state index in [2.05, 4.69) is 16.0 Å². The first-order chi connectivity index (χ1) is 12.0. The number of nitrogens with two attached hydrogens (primary N) is 1. The molecule has 1 aromatic carbocycles. The molecule has 2 rings (SSSR count). The number of unbranched alkanes of at least 4 members (excludes halogenated alkanes) is 2. The zero-order valence-corrected chi connectivity index (χ0v) is 14.3. The van der Waals surface area contributed by atoms with Crippen LogP contribution >= 0.6 is 0 Å². The lowest BCUT2D eigenvalue weighted by Crippen LogP contribution is -2.30. The first kappa shape index (κ1) is 18.8. The van der Waals surface area contributed by atoms with Crippen LogP contribution in [0.2, 0.25) is 0 Å². The van der Waals surface area contributed by atoms with Gasteiger partial charge in [0.25, 0.3) is 0 Å². The summed E-state index contributed by atoms with van der Waals surface area (Å²) >= 11 is 0. The molecule has 7 heteroatoms. The fourth-order valence-corrected chi connectivity index (χ4v) is 2.44. The van der Waals surface area contributed by atoms with Gasteiger partial charge in [-0.15, -0.1) is 0 Å². The fraction of sp³-hybridized carbons (Fsp3) is 0.500. The number of carbonyl (C=O) groups is 3. The molecule has 0 aliphatic heterocycles. The molecule has 0 saturated heterocycles. The minimum atomic E-state index is -0.520. The quantitative estimate of drug-likeness (QED) is 0.485. The van der Waals surface area contributed by atoms with E-state index in [-0.39, 0.29) is 17.7 Å². The monoisotopic (exact) mass is 346 g/mol. The maximum absolute atomic E-state index is 11.8. The summed E-state index contributed by atoms with van der Waals surface area (Å²) < 4.78 is 0. The number of benzene rings is 1. The van der Waals surface area contributed by atoms with Gasteiger partial charge in [-0.2, -0.15) is 0 Å². The number of amides is 4. The lowest BCUT2D eigenvalue weighted by molar-refractivity contribution is -0.121. The molecule has 4 amide bonds. The molecule has 1 fully saturated rings. The Bertz CT molecular complexity index is 614. The molecule has 0 bridgehead atoms. The molecule has 0 atom stereocenters. The maximum Gasteiger partial charge on any atom is 0.312 e. The predicted octanol–water partition coefficient (Wildman–Crippen LogP) is 1.88. The van der Waals surface area contributed by atoms with E-state index in [0.717, 1.165) is 43.4 Å². The SMILES string of the molecule is NC(=O)NCCCCCC(=O)NCc1cccc(NC(=O)C2CC2)c1. The Morgan fingerprint density at radius 1 is 1.08 bits per heavy atom. The Morgan fingerprint density at radius 3 is 2.60 bits per heavy atom. The van der Waals surface area contributed by atoms with E-state index in [0.29, 0.717) is 19.5 Å². The fourth-order valence-electron chi connectivity index (χ4n) is 2.44. The second-order valence-electron chi connectivity index (χ2n) is 6.34. The van der Waals surface area contributed by atoms with Crippen molar-refractivity contribution in [2.45, 2.75) is 45.1 Å². The van der Waals surface area contributed by atoms with Gasteiger partial charge >= 0.3 is 6.03 Å². The van der Waals surface area contributed by atoms with Crippen molar-refractivity contribution >= 4 is 23.5 Å². The van der Waals surface area contributed by atoms with Gasteiger partial charge in [0.2, 0.25) is 11.8 Å². The van der Waals surface area contributed by atoms with Gasteiger partial charge in [0.1, 0.15) is 0 Å². The minimum Gasteiger partial charge on any atom is -0.352 e. The van der Waals surface area contributed by atoms with Crippen LogP contribution in [0.25, 0.3) is 0 Å². The molecule has 0 heterocycles. The number of anilines is 1. The summed E-state index contributed by atoms with van der Waals surface area (Å²) in [5.74, 6) is 0.240. The van der Waals surface area contributed by atoms with Crippen molar-refractivity contribution in [2.24, 2.45) is 11.7 Å². The number of urea groups is 1. The van der Waals surface area contributed by atoms with Gasteiger partial charge in [-0.05, 0) is 43.4 Å². The third kappa shape index (κ3) is 7.69. The van der Waals surface area contributed by atoms with E-state index in [1.165, 1.54) is 0 Å². The molecule has 1 saturated carbocycles. The lowest BCUT2D eigenvalue weighted by Gasteiger charge is -2.08. The van der Waals surface area contributed by atoms with Crippen molar-refractivity contribution in [3.8, 4) is 0 Å². The lowest BCUT2D eigenvalue weighted by atomic mass is 10.1. The Morgan fingerprint density at radius 2 is 1.88 bits per heavy atom. The maximum atomic E-state index is 11.8. The molecule has 1 aromatic rings. The standard InChI is InChI=1S/C18H26N4O3/c19-18(25)20-10-3-1-2-7-16(23)21-12-13-5-4-6-15(11-13)22-17(24)14-8-9-14/h4-6,11,14H,1-3,7-10,12H2,(H,21,23)(H,22,24)(H3,19,20,25). The zero-order valence-electron chi connectivity index (χ0n) is 14.3. The van der Waals surface area contributed by atoms with Crippen molar-refractivity contribution in [2.75, 3.05) is 11.9 Å². The third-order valence-electron chi connectivity index (χ3n) is 4.01. The molecule has 1 aliphatic carbocycles. The second kappa shape index (κ2) is 9.66. The molecule has 136 valence electrons. The normalized spacial score (nSPS) is 13.1. The van der Waals surface area contributed by atoms with Crippen LogP contribution in [0.5, 0.6) is 0 Å². The highest BCUT2D eigenvalue weighted by Crippen LogP contribution is 2.30. The summed E-state index contributed by atoms with van der Waals surface area (Å²) in [5, 5.41) is 8.30. The van der Waals surface area contributed by atoms with Gasteiger partial charge in [0, 0.05) is 31.1 Å². The first-order valence-electron chi connectivity index (χ1n) is 8.74. The van der Waals surface area contributed by atoms with Crippen molar-refractivity contribution < 1.29 is 14.4 Å². The molecule has 1 aliphatic rings. The molecule has 5 N–H and O–H groups in total. The molecular formula is C18H26N4O3. The smallest absolute Gasteiger partial charge is 0.312 e. The number of nitrogens with one attached hydrogen (secondary N) is 3. The molecule has 0 aromatic heterocycles. The molecular weight excluding hydrogens is 320 g/mol. The molecule has 0 unspecified atom stereocenters. The van der Waals surface area contributed by atoms with Crippen LogP contribution in [-0.4, -0.2) is 24.4 Å². The average Bonchev–Trinajstić information content (AvgIpc) is 3.41. The van der Waals surface area contributed by atoms with Crippen LogP contribution in [0.1, 0.15) is 44.1 Å². The summed E-state index contributed by atoms with van der Waals surface area (Å²) in [6.07, 6.45) is 4.83. The Hall–Kier alpha value is -2.57. The van der Waals surface area contributed by atoms with E-state index >= 15 is 0 Å². The van der Waals surface area contributed by atoms with Gasteiger partial charge < -0.3 is 21.7 Å². The molecule has 7 nitrogen and oxygen atoms in total. The van der Waals surface area contributed by atoms with Gasteiger partial charge in [-0.3, -0.25) is 9.59 Å².